The smallest absolute Gasteiger partial charge is 0.251 e. The zero-order valence-corrected chi connectivity index (χ0v) is 9.67. The van der Waals surface area contributed by atoms with E-state index < -0.39 is 0 Å². The summed E-state index contributed by atoms with van der Waals surface area (Å²) in [6, 6.07) is 0. The fraction of sp³-hybridized carbons (Fsp3) is 0.900. The third-order valence-corrected chi connectivity index (χ3v) is 3.91. The monoisotopic (exact) mass is 230 g/mol. The molecule has 0 aromatic heterocycles. The van der Waals surface area contributed by atoms with Gasteiger partial charge >= 0.3 is 0 Å². The highest BCUT2D eigenvalue weighted by molar-refractivity contribution is 7.99. The van der Waals surface area contributed by atoms with Crippen molar-refractivity contribution in [3.8, 4) is 0 Å². The van der Waals surface area contributed by atoms with E-state index in [1.165, 1.54) is 0 Å². The molecule has 5 heteroatoms. The average molecular weight is 230 g/mol. The van der Waals surface area contributed by atoms with Crippen molar-refractivity contribution >= 4 is 17.7 Å². The van der Waals surface area contributed by atoms with Crippen LogP contribution in [-0.4, -0.2) is 54.2 Å². The summed E-state index contributed by atoms with van der Waals surface area (Å²) in [6.07, 6.45) is 1.64. The average Bonchev–Trinajstić information content (AvgIpc) is 2.78. The lowest BCUT2D eigenvalue weighted by Gasteiger charge is -2.28. The Hall–Kier alpha value is -0.260. The molecule has 2 fully saturated rings. The molecule has 0 aromatic carbocycles. The van der Waals surface area contributed by atoms with Gasteiger partial charge in [0.15, 0.2) is 0 Å². The lowest BCUT2D eigenvalue weighted by atomic mass is 10.2. The maximum atomic E-state index is 12.0. The molecule has 2 aliphatic heterocycles. The van der Waals surface area contributed by atoms with Crippen LogP contribution in [0.3, 0.4) is 0 Å². The van der Waals surface area contributed by atoms with Crippen LogP contribution < -0.4 is 5.73 Å². The molecule has 0 aliphatic carbocycles. The second kappa shape index (κ2) is 5.18. The first kappa shape index (κ1) is 11.2. The quantitative estimate of drug-likeness (QED) is 0.729. The molecule has 2 atom stereocenters. The molecule has 0 saturated carbocycles. The Morgan fingerprint density at radius 3 is 2.73 bits per heavy atom. The van der Waals surface area contributed by atoms with Crippen molar-refractivity contribution in [3.05, 3.63) is 0 Å². The van der Waals surface area contributed by atoms with Crippen molar-refractivity contribution in [2.75, 3.05) is 31.1 Å². The van der Waals surface area contributed by atoms with Gasteiger partial charge in [0.05, 0.1) is 6.10 Å². The predicted octanol–water partition coefficient (Wildman–Crippen LogP) is 0.0681. The fourth-order valence-corrected chi connectivity index (χ4v) is 2.95. The number of rotatable bonds is 2. The second-order valence-electron chi connectivity index (χ2n) is 4.00. The number of carbonyl (C=O) groups is 1. The van der Waals surface area contributed by atoms with Crippen LogP contribution >= 0.6 is 11.8 Å². The standard InChI is InChI=1S/C10H18N2O2S/c11-7-8-1-2-9(14-8)10(13)12-3-5-15-6-4-12/h8-9H,1-7,11H2. The van der Waals surface area contributed by atoms with Crippen LogP contribution in [0.15, 0.2) is 0 Å². The summed E-state index contributed by atoms with van der Waals surface area (Å²) < 4.78 is 5.60. The largest absolute Gasteiger partial charge is 0.364 e. The highest BCUT2D eigenvalue weighted by atomic mass is 32.2. The van der Waals surface area contributed by atoms with Gasteiger partial charge in [-0.05, 0) is 12.8 Å². The van der Waals surface area contributed by atoms with E-state index in [9.17, 15) is 4.79 Å². The van der Waals surface area contributed by atoms with Gasteiger partial charge in [0, 0.05) is 31.1 Å². The second-order valence-corrected chi connectivity index (χ2v) is 5.22. The normalized spacial score (nSPS) is 31.9. The molecule has 86 valence electrons. The van der Waals surface area contributed by atoms with Crippen LogP contribution in [0.1, 0.15) is 12.8 Å². The molecule has 0 spiro atoms. The number of carbonyl (C=O) groups excluding carboxylic acids is 1. The minimum absolute atomic E-state index is 0.0955. The number of nitrogens with zero attached hydrogens (tertiary/aromatic N) is 1. The predicted molar refractivity (Wildman–Crippen MR) is 60.9 cm³/mol. The zero-order chi connectivity index (χ0) is 10.7. The summed E-state index contributed by atoms with van der Waals surface area (Å²) in [6.45, 7) is 2.27. The van der Waals surface area contributed by atoms with Crippen molar-refractivity contribution in [2.45, 2.75) is 25.0 Å². The van der Waals surface area contributed by atoms with E-state index in [0.29, 0.717) is 6.54 Å². The van der Waals surface area contributed by atoms with Gasteiger partial charge in [-0.2, -0.15) is 11.8 Å². The highest BCUT2D eigenvalue weighted by Gasteiger charge is 2.33. The molecule has 1 amide bonds. The van der Waals surface area contributed by atoms with E-state index in [-0.39, 0.29) is 18.1 Å². The van der Waals surface area contributed by atoms with Crippen LogP contribution in [0.5, 0.6) is 0 Å². The molecule has 0 bridgehead atoms. The molecular formula is C10H18N2O2S. The molecule has 2 rings (SSSR count). The first-order chi connectivity index (χ1) is 7.31. The molecular weight excluding hydrogens is 212 g/mol. The van der Waals surface area contributed by atoms with E-state index >= 15 is 0 Å². The number of ether oxygens (including phenoxy) is 1. The number of amides is 1. The topological polar surface area (TPSA) is 55.6 Å². The third kappa shape index (κ3) is 2.65. The summed E-state index contributed by atoms with van der Waals surface area (Å²) in [4.78, 5) is 13.9. The minimum atomic E-state index is -0.221. The van der Waals surface area contributed by atoms with Gasteiger partial charge < -0.3 is 15.4 Å². The molecule has 0 radical (unpaired) electrons. The minimum Gasteiger partial charge on any atom is -0.364 e. The van der Waals surface area contributed by atoms with Gasteiger partial charge in [0.2, 0.25) is 0 Å². The summed E-state index contributed by atoms with van der Waals surface area (Å²) >= 11 is 1.91. The Morgan fingerprint density at radius 1 is 1.40 bits per heavy atom. The number of thioether (sulfide) groups is 1. The molecule has 2 aliphatic rings. The zero-order valence-electron chi connectivity index (χ0n) is 8.85. The number of hydrogen-bond donors (Lipinski definition) is 1. The Labute approximate surface area is 94.5 Å². The van der Waals surface area contributed by atoms with Crippen LogP contribution in [0.25, 0.3) is 0 Å². The molecule has 2 unspecified atom stereocenters. The lowest BCUT2D eigenvalue weighted by Crippen LogP contribution is -2.44. The van der Waals surface area contributed by atoms with Gasteiger partial charge in [-0.25, -0.2) is 0 Å². The van der Waals surface area contributed by atoms with Gasteiger partial charge in [-0.15, -0.1) is 0 Å². The first-order valence-electron chi connectivity index (χ1n) is 5.53. The summed E-state index contributed by atoms with van der Waals surface area (Å²) in [5.41, 5.74) is 5.52. The fourth-order valence-electron chi connectivity index (χ4n) is 2.05. The van der Waals surface area contributed by atoms with Gasteiger partial charge in [-0.1, -0.05) is 0 Å². The Morgan fingerprint density at radius 2 is 2.13 bits per heavy atom. The van der Waals surface area contributed by atoms with Gasteiger partial charge in [0.25, 0.3) is 5.91 Å². The maximum absolute atomic E-state index is 12.0. The first-order valence-corrected chi connectivity index (χ1v) is 6.69. The van der Waals surface area contributed by atoms with Crippen molar-refractivity contribution in [2.24, 2.45) is 5.73 Å². The van der Waals surface area contributed by atoms with E-state index in [4.69, 9.17) is 10.5 Å². The van der Waals surface area contributed by atoms with E-state index in [1.54, 1.807) is 0 Å². The van der Waals surface area contributed by atoms with Crippen LogP contribution in [0.2, 0.25) is 0 Å². The highest BCUT2D eigenvalue weighted by Crippen LogP contribution is 2.22. The maximum Gasteiger partial charge on any atom is 0.251 e. The summed E-state index contributed by atoms with van der Waals surface area (Å²) in [5, 5.41) is 0. The van der Waals surface area contributed by atoms with Crippen molar-refractivity contribution in [1.29, 1.82) is 0 Å². The summed E-state index contributed by atoms with van der Waals surface area (Å²) in [5.74, 6) is 2.28. The van der Waals surface area contributed by atoms with Crippen molar-refractivity contribution in [3.63, 3.8) is 0 Å². The van der Waals surface area contributed by atoms with Crippen LogP contribution in [-0.2, 0) is 9.53 Å². The molecule has 4 nitrogen and oxygen atoms in total. The summed E-state index contributed by atoms with van der Waals surface area (Å²) in [7, 11) is 0. The SMILES string of the molecule is NCC1CCC(C(=O)N2CCSCC2)O1. The molecule has 0 aromatic rings. The van der Waals surface area contributed by atoms with Gasteiger partial charge in [0.1, 0.15) is 6.10 Å². The van der Waals surface area contributed by atoms with Crippen molar-refractivity contribution < 1.29 is 9.53 Å². The van der Waals surface area contributed by atoms with E-state index in [0.717, 1.165) is 37.4 Å². The molecule has 2 N–H and O–H groups in total. The molecule has 2 saturated heterocycles. The number of hydrogen-bond acceptors (Lipinski definition) is 4. The van der Waals surface area contributed by atoms with E-state index in [2.05, 4.69) is 0 Å². The molecule has 2 heterocycles. The van der Waals surface area contributed by atoms with Crippen LogP contribution in [0, 0.1) is 0 Å². The lowest BCUT2D eigenvalue weighted by molar-refractivity contribution is -0.142. The Kier molecular flexibility index (Phi) is 3.88. The molecule has 15 heavy (non-hydrogen) atoms. The Bertz CT molecular complexity index is 231. The van der Waals surface area contributed by atoms with E-state index in [1.807, 2.05) is 16.7 Å². The third-order valence-electron chi connectivity index (χ3n) is 2.97. The van der Waals surface area contributed by atoms with Gasteiger partial charge in [-0.3, -0.25) is 4.79 Å². The van der Waals surface area contributed by atoms with Crippen molar-refractivity contribution in [1.82, 2.24) is 4.90 Å². The Balaban J connectivity index is 1.85. The number of nitrogens with two attached hydrogens (primary N) is 1. The van der Waals surface area contributed by atoms with Crippen LogP contribution in [0.4, 0.5) is 0 Å².